The van der Waals surface area contributed by atoms with E-state index in [0.717, 1.165) is 28.6 Å². The van der Waals surface area contributed by atoms with Crippen LogP contribution < -0.4 is 9.47 Å². The van der Waals surface area contributed by atoms with Crippen molar-refractivity contribution in [1.29, 1.82) is 0 Å². The second kappa shape index (κ2) is 6.92. The van der Waals surface area contributed by atoms with Gasteiger partial charge in [-0.05, 0) is 43.3 Å². The van der Waals surface area contributed by atoms with E-state index >= 15 is 0 Å². The molecule has 0 radical (unpaired) electrons. The SMILES string of the molecule is Cc1ccc2cccc(OCCOc3ccc(C=O)cc3)c2n1. The summed E-state index contributed by atoms with van der Waals surface area (Å²) in [6.45, 7) is 2.80. The summed E-state index contributed by atoms with van der Waals surface area (Å²) in [5.74, 6) is 1.47. The highest BCUT2D eigenvalue weighted by molar-refractivity contribution is 5.84. The average molecular weight is 307 g/mol. The molecule has 2 aromatic carbocycles. The molecule has 0 saturated heterocycles. The Bertz CT molecular complexity index is 812. The Kier molecular flexibility index (Phi) is 4.52. The second-order valence-corrected chi connectivity index (χ2v) is 5.16. The Morgan fingerprint density at radius 1 is 0.957 bits per heavy atom. The van der Waals surface area contributed by atoms with Gasteiger partial charge in [0.25, 0.3) is 0 Å². The van der Waals surface area contributed by atoms with E-state index in [9.17, 15) is 4.79 Å². The molecule has 23 heavy (non-hydrogen) atoms. The lowest BCUT2D eigenvalue weighted by molar-refractivity contribution is 0.112. The number of fused-ring (bicyclic) bond motifs is 1. The Balaban J connectivity index is 1.60. The summed E-state index contributed by atoms with van der Waals surface area (Å²) in [4.78, 5) is 15.1. The van der Waals surface area contributed by atoms with Crippen molar-refractivity contribution in [1.82, 2.24) is 4.98 Å². The van der Waals surface area contributed by atoms with E-state index in [0.29, 0.717) is 24.5 Å². The molecular formula is C19H17NO3. The maximum absolute atomic E-state index is 10.6. The van der Waals surface area contributed by atoms with Gasteiger partial charge in [-0.2, -0.15) is 0 Å². The van der Waals surface area contributed by atoms with Crippen molar-refractivity contribution in [2.75, 3.05) is 13.2 Å². The number of benzene rings is 2. The van der Waals surface area contributed by atoms with E-state index in [1.165, 1.54) is 0 Å². The van der Waals surface area contributed by atoms with Gasteiger partial charge < -0.3 is 9.47 Å². The third-order valence-electron chi connectivity index (χ3n) is 3.45. The Labute approximate surface area is 134 Å². The van der Waals surface area contributed by atoms with E-state index in [4.69, 9.17) is 9.47 Å². The molecule has 0 fully saturated rings. The highest BCUT2D eigenvalue weighted by atomic mass is 16.5. The molecule has 0 N–H and O–H groups in total. The number of rotatable bonds is 6. The van der Waals surface area contributed by atoms with E-state index in [1.807, 2.05) is 37.3 Å². The number of aromatic nitrogens is 1. The molecule has 0 amide bonds. The molecule has 4 heteroatoms. The first-order chi connectivity index (χ1) is 11.3. The molecule has 0 aliphatic rings. The summed E-state index contributed by atoms with van der Waals surface area (Å²) in [5, 5.41) is 1.05. The monoisotopic (exact) mass is 307 g/mol. The lowest BCUT2D eigenvalue weighted by atomic mass is 10.2. The number of pyridine rings is 1. The zero-order valence-electron chi connectivity index (χ0n) is 12.9. The van der Waals surface area contributed by atoms with Gasteiger partial charge in [-0.1, -0.05) is 18.2 Å². The standard InChI is InChI=1S/C19H17NO3/c1-14-5-8-16-3-2-4-18(19(16)20-14)23-12-11-22-17-9-6-15(13-21)7-10-17/h2-10,13H,11-12H2,1H3. The molecule has 0 aliphatic heterocycles. The zero-order chi connectivity index (χ0) is 16.1. The van der Waals surface area contributed by atoms with Gasteiger partial charge in [0.2, 0.25) is 0 Å². The zero-order valence-corrected chi connectivity index (χ0v) is 12.9. The first-order valence-electron chi connectivity index (χ1n) is 7.43. The molecule has 116 valence electrons. The molecule has 0 atom stereocenters. The average Bonchev–Trinajstić information content (AvgIpc) is 2.59. The molecule has 1 heterocycles. The largest absolute Gasteiger partial charge is 0.490 e. The summed E-state index contributed by atoms with van der Waals surface area (Å²) >= 11 is 0. The number of ether oxygens (including phenoxy) is 2. The Morgan fingerprint density at radius 3 is 2.52 bits per heavy atom. The van der Waals surface area contributed by atoms with Crippen molar-refractivity contribution in [3.63, 3.8) is 0 Å². The van der Waals surface area contributed by atoms with Crippen molar-refractivity contribution in [3.05, 3.63) is 65.9 Å². The van der Waals surface area contributed by atoms with Crippen LogP contribution in [0, 0.1) is 6.92 Å². The summed E-state index contributed by atoms with van der Waals surface area (Å²) in [7, 11) is 0. The van der Waals surface area contributed by atoms with Crippen LogP contribution in [0.25, 0.3) is 10.9 Å². The lowest BCUT2D eigenvalue weighted by Crippen LogP contribution is -2.09. The van der Waals surface area contributed by atoms with Crippen LogP contribution in [0.2, 0.25) is 0 Å². The lowest BCUT2D eigenvalue weighted by Gasteiger charge is -2.10. The minimum atomic E-state index is 0.419. The number of para-hydroxylation sites is 1. The number of carbonyl (C=O) groups excluding carboxylic acids is 1. The molecule has 0 spiro atoms. The fraction of sp³-hybridized carbons (Fsp3) is 0.158. The number of hydrogen-bond acceptors (Lipinski definition) is 4. The molecule has 3 aromatic rings. The fourth-order valence-electron chi connectivity index (χ4n) is 2.29. The highest BCUT2D eigenvalue weighted by Crippen LogP contribution is 2.23. The van der Waals surface area contributed by atoms with E-state index in [1.54, 1.807) is 24.3 Å². The fourth-order valence-corrected chi connectivity index (χ4v) is 2.29. The van der Waals surface area contributed by atoms with Gasteiger partial charge >= 0.3 is 0 Å². The van der Waals surface area contributed by atoms with Crippen molar-refractivity contribution < 1.29 is 14.3 Å². The van der Waals surface area contributed by atoms with Gasteiger partial charge in [-0.25, -0.2) is 4.98 Å². The quantitative estimate of drug-likeness (QED) is 0.513. The van der Waals surface area contributed by atoms with Crippen LogP contribution in [0.15, 0.2) is 54.6 Å². The third-order valence-corrected chi connectivity index (χ3v) is 3.45. The summed E-state index contributed by atoms with van der Waals surface area (Å²) < 4.78 is 11.4. The number of aldehydes is 1. The molecule has 4 nitrogen and oxygen atoms in total. The third kappa shape index (κ3) is 3.66. The van der Waals surface area contributed by atoms with Crippen LogP contribution in [0.1, 0.15) is 16.1 Å². The van der Waals surface area contributed by atoms with Gasteiger partial charge in [0, 0.05) is 16.6 Å². The van der Waals surface area contributed by atoms with Crippen LogP contribution >= 0.6 is 0 Å². The smallest absolute Gasteiger partial charge is 0.150 e. The van der Waals surface area contributed by atoms with Crippen molar-refractivity contribution in [3.8, 4) is 11.5 Å². The molecule has 0 bridgehead atoms. The number of carbonyl (C=O) groups is 1. The number of hydrogen-bond donors (Lipinski definition) is 0. The highest BCUT2D eigenvalue weighted by Gasteiger charge is 2.04. The van der Waals surface area contributed by atoms with Crippen LogP contribution in [0.3, 0.4) is 0 Å². The molecular weight excluding hydrogens is 290 g/mol. The molecule has 0 aliphatic carbocycles. The van der Waals surface area contributed by atoms with Crippen molar-refractivity contribution in [2.45, 2.75) is 6.92 Å². The molecule has 0 saturated carbocycles. The number of nitrogens with zero attached hydrogens (tertiary/aromatic N) is 1. The summed E-state index contributed by atoms with van der Waals surface area (Å²) in [6, 6.07) is 16.9. The van der Waals surface area contributed by atoms with Crippen LogP contribution in [0.4, 0.5) is 0 Å². The van der Waals surface area contributed by atoms with Gasteiger partial charge in [-0.3, -0.25) is 4.79 Å². The van der Waals surface area contributed by atoms with E-state index in [-0.39, 0.29) is 0 Å². The van der Waals surface area contributed by atoms with Crippen LogP contribution in [-0.4, -0.2) is 24.5 Å². The normalized spacial score (nSPS) is 10.5. The van der Waals surface area contributed by atoms with Crippen molar-refractivity contribution >= 4 is 17.2 Å². The summed E-state index contributed by atoms with van der Waals surface area (Å²) in [6.07, 6.45) is 0.808. The predicted octanol–water partition coefficient (Wildman–Crippen LogP) is 3.81. The van der Waals surface area contributed by atoms with Gasteiger partial charge in [-0.15, -0.1) is 0 Å². The molecule has 0 unspecified atom stereocenters. The minimum absolute atomic E-state index is 0.419. The second-order valence-electron chi connectivity index (χ2n) is 5.16. The summed E-state index contributed by atoms with van der Waals surface area (Å²) in [5.41, 5.74) is 2.45. The maximum atomic E-state index is 10.6. The van der Waals surface area contributed by atoms with Gasteiger partial charge in [0.1, 0.15) is 36.5 Å². The van der Waals surface area contributed by atoms with Crippen LogP contribution in [0.5, 0.6) is 11.5 Å². The molecule has 3 rings (SSSR count). The van der Waals surface area contributed by atoms with Crippen LogP contribution in [-0.2, 0) is 0 Å². The van der Waals surface area contributed by atoms with Crippen molar-refractivity contribution in [2.24, 2.45) is 0 Å². The topological polar surface area (TPSA) is 48.4 Å². The minimum Gasteiger partial charge on any atom is -0.490 e. The first-order valence-corrected chi connectivity index (χ1v) is 7.43. The maximum Gasteiger partial charge on any atom is 0.150 e. The Hall–Kier alpha value is -2.88. The first kappa shape index (κ1) is 15.0. The Morgan fingerprint density at radius 2 is 1.74 bits per heavy atom. The predicted molar refractivity (Wildman–Crippen MR) is 89.3 cm³/mol. The molecule has 1 aromatic heterocycles. The number of aryl methyl sites for hydroxylation is 1. The van der Waals surface area contributed by atoms with E-state index in [2.05, 4.69) is 4.98 Å². The van der Waals surface area contributed by atoms with E-state index < -0.39 is 0 Å². The van der Waals surface area contributed by atoms with Gasteiger partial charge in [0.15, 0.2) is 0 Å². The van der Waals surface area contributed by atoms with Gasteiger partial charge in [0.05, 0.1) is 0 Å².